The number of pyridine rings is 1. The fraction of sp³-hybridized carbons (Fsp3) is 0.412. The van der Waals surface area contributed by atoms with Crippen LogP contribution in [0.1, 0.15) is 33.0 Å². The Balaban J connectivity index is 1.64. The Labute approximate surface area is 145 Å². The van der Waals surface area contributed by atoms with Gasteiger partial charge in [-0.1, -0.05) is 5.16 Å². The largest absolute Gasteiger partial charge is 0.481 e. The number of hydrogen-bond acceptors (Lipinski definition) is 6. The number of aromatic nitrogens is 2. The van der Waals surface area contributed by atoms with Crippen molar-refractivity contribution < 1.29 is 18.8 Å². The number of methoxy groups -OCH3 is 1. The zero-order valence-electron chi connectivity index (χ0n) is 14.3. The highest BCUT2D eigenvalue weighted by molar-refractivity contribution is 5.94. The maximum atomic E-state index is 12.6. The van der Waals surface area contributed by atoms with E-state index in [4.69, 9.17) is 9.26 Å². The van der Waals surface area contributed by atoms with E-state index in [1.165, 1.54) is 13.3 Å². The summed E-state index contributed by atoms with van der Waals surface area (Å²) in [6, 6.07) is 4.98. The summed E-state index contributed by atoms with van der Waals surface area (Å²) in [6.07, 6.45) is 2.21. The monoisotopic (exact) mass is 344 g/mol. The number of rotatable bonds is 3. The molecule has 0 bridgehead atoms. The first-order valence-electron chi connectivity index (χ1n) is 8.10. The van der Waals surface area contributed by atoms with Crippen LogP contribution in [0.25, 0.3) is 0 Å². The van der Waals surface area contributed by atoms with Gasteiger partial charge in [0.1, 0.15) is 5.76 Å². The SMILES string of the molecule is COc1ccc(C(=O)N2CCCN(C(=O)c3cc(C)on3)CC2)cn1. The standard InChI is InChI=1S/C17H20N4O4/c1-12-10-14(19-25-12)17(23)21-7-3-6-20(8-9-21)16(22)13-4-5-15(24-2)18-11-13/h4-5,10-11H,3,6-9H2,1-2H3. The molecular weight excluding hydrogens is 324 g/mol. The number of aryl methyl sites for hydroxylation is 1. The van der Waals surface area contributed by atoms with E-state index in [0.717, 1.165) is 0 Å². The van der Waals surface area contributed by atoms with Gasteiger partial charge < -0.3 is 19.1 Å². The minimum atomic E-state index is -0.169. The third-order valence-corrected chi connectivity index (χ3v) is 4.11. The maximum Gasteiger partial charge on any atom is 0.276 e. The van der Waals surface area contributed by atoms with Crippen LogP contribution in [0.3, 0.4) is 0 Å². The molecular formula is C17H20N4O4. The molecule has 1 aliphatic heterocycles. The van der Waals surface area contributed by atoms with Crippen LogP contribution in [0.15, 0.2) is 28.9 Å². The Morgan fingerprint density at radius 3 is 2.40 bits per heavy atom. The molecule has 1 aliphatic rings. The summed E-state index contributed by atoms with van der Waals surface area (Å²) in [5.41, 5.74) is 0.810. The van der Waals surface area contributed by atoms with E-state index in [0.29, 0.717) is 55.5 Å². The molecule has 0 radical (unpaired) electrons. The fourth-order valence-corrected chi connectivity index (χ4v) is 2.76. The average molecular weight is 344 g/mol. The second kappa shape index (κ2) is 7.33. The van der Waals surface area contributed by atoms with Crippen LogP contribution in [0.4, 0.5) is 0 Å². The molecule has 0 aliphatic carbocycles. The van der Waals surface area contributed by atoms with Crippen molar-refractivity contribution in [1.29, 1.82) is 0 Å². The average Bonchev–Trinajstić information content (AvgIpc) is 2.93. The number of carbonyl (C=O) groups is 2. The lowest BCUT2D eigenvalue weighted by Gasteiger charge is -2.21. The van der Waals surface area contributed by atoms with Gasteiger partial charge in [-0.25, -0.2) is 4.98 Å². The first kappa shape index (κ1) is 16.9. The Bertz CT molecular complexity index is 756. The van der Waals surface area contributed by atoms with Crippen molar-refractivity contribution in [2.45, 2.75) is 13.3 Å². The molecule has 1 saturated heterocycles. The van der Waals surface area contributed by atoms with Crippen LogP contribution >= 0.6 is 0 Å². The summed E-state index contributed by atoms with van der Waals surface area (Å²) in [6.45, 7) is 3.84. The maximum absolute atomic E-state index is 12.6. The van der Waals surface area contributed by atoms with Crippen LogP contribution in [-0.2, 0) is 0 Å². The van der Waals surface area contributed by atoms with E-state index < -0.39 is 0 Å². The number of ether oxygens (including phenoxy) is 1. The van der Waals surface area contributed by atoms with E-state index in [1.54, 1.807) is 34.9 Å². The van der Waals surface area contributed by atoms with Crippen molar-refractivity contribution in [2.24, 2.45) is 0 Å². The Morgan fingerprint density at radius 2 is 1.84 bits per heavy atom. The van der Waals surface area contributed by atoms with Gasteiger partial charge in [-0.2, -0.15) is 0 Å². The summed E-state index contributed by atoms with van der Waals surface area (Å²) >= 11 is 0. The Hall–Kier alpha value is -2.90. The zero-order chi connectivity index (χ0) is 17.8. The van der Waals surface area contributed by atoms with Crippen molar-refractivity contribution in [3.8, 4) is 5.88 Å². The van der Waals surface area contributed by atoms with E-state index >= 15 is 0 Å². The van der Waals surface area contributed by atoms with Crippen molar-refractivity contribution in [3.63, 3.8) is 0 Å². The molecule has 2 aromatic heterocycles. The lowest BCUT2D eigenvalue weighted by atomic mass is 10.2. The second-order valence-corrected chi connectivity index (χ2v) is 5.85. The zero-order valence-corrected chi connectivity index (χ0v) is 14.3. The lowest BCUT2D eigenvalue weighted by molar-refractivity contribution is 0.0713. The number of carbonyl (C=O) groups excluding carboxylic acids is 2. The molecule has 8 heteroatoms. The van der Waals surface area contributed by atoms with Crippen molar-refractivity contribution >= 4 is 11.8 Å². The summed E-state index contributed by atoms with van der Waals surface area (Å²) in [4.78, 5) is 32.6. The molecule has 8 nitrogen and oxygen atoms in total. The van der Waals surface area contributed by atoms with Gasteiger partial charge in [-0.3, -0.25) is 9.59 Å². The predicted molar refractivity (Wildman–Crippen MR) is 88.5 cm³/mol. The van der Waals surface area contributed by atoms with Crippen molar-refractivity contribution in [3.05, 3.63) is 41.4 Å². The van der Waals surface area contributed by atoms with Crippen LogP contribution < -0.4 is 4.74 Å². The molecule has 1 fully saturated rings. The molecule has 132 valence electrons. The summed E-state index contributed by atoms with van der Waals surface area (Å²) < 4.78 is 9.97. The van der Waals surface area contributed by atoms with Crippen molar-refractivity contribution in [1.82, 2.24) is 19.9 Å². The first-order chi connectivity index (χ1) is 12.1. The van der Waals surface area contributed by atoms with E-state index in [1.807, 2.05) is 0 Å². The van der Waals surface area contributed by atoms with Crippen LogP contribution in [0, 0.1) is 6.92 Å². The number of amides is 2. The molecule has 0 saturated carbocycles. The molecule has 0 aromatic carbocycles. The molecule has 0 spiro atoms. The van der Waals surface area contributed by atoms with Gasteiger partial charge in [0.05, 0.1) is 12.7 Å². The van der Waals surface area contributed by atoms with Gasteiger partial charge in [0.2, 0.25) is 5.88 Å². The van der Waals surface area contributed by atoms with E-state index in [2.05, 4.69) is 10.1 Å². The number of nitrogens with zero attached hydrogens (tertiary/aromatic N) is 4. The van der Waals surface area contributed by atoms with Gasteiger partial charge in [-0.05, 0) is 19.4 Å². The predicted octanol–water partition coefficient (Wildman–Crippen LogP) is 1.37. The molecule has 2 aromatic rings. The number of hydrogen-bond donors (Lipinski definition) is 0. The highest BCUT2D eigenvalue weighted by atomic mass is 16.5. The van der Waals surface area contributed by atoms with Crippen LogP contribution in [0.5, 0.6) is 5.88 Å². The highest BCUT2D eigenvalue weighted by Crippen LogP contribution is 2.13. The third kappa shape index (κ3) is 3.78. The lowest BCUT2D eigenvalue weighted by Crippen LogP contribution is -2.37. The van der Waals surface area contributed by atoms with Crippen LogP contribution in [0.2, 0.25) is 0 Å². The molecule has 2 amide bonds. The summed E-state index contributed by atoms with van der Waals surface area (Å²) in [5.74, 6) is 0.799. The van der Waals surface area contributed by atoms with E-state index in [-0.39, 0.29) is 11.8 Å². The minimum absolute atomic E-state index is 0.0956. The topological polar surface area (TPSA) is 88.8 Å². The normalized spacial score (nSPS) is 15.0. The van der Waals surface area contributed by atoms with Gasteiger partial charge in [-0.15, -0.1) is 0 Å². The minimum Gasteiger partial charge on any atom is -0.481 e. The molecule has 0 unspecified atom stereocenters. The van der Waals surface area contributed by atoms with Crippen molar-refractivity contribution in [2.75, 3.05) is 33.3 Å². The third-order valence-electron chi connectivity index (χ3n) is 4.11. The van der Waals surface area contributed by atoms with Gasteiger partial charge in [0.15, 0.2) is 5.69 Å². The molecule has 0 atom stereocenters. The summed E-state index contributed by atoms with van der Waals surface area (Å²) in [7, 11) is 1.53. The molecule has 3 heterocycles. The molecule has 0 N–H and O–H groups in total. The van der Waals surface area contributed by atoms with E-state index in [9.17, 15) is 9.59 Å². The smallest absolute Gasteiger partial charge is 0.276 e. The summed E-state index contributed by atoms with van der Waals surface area (Å²) in [5, 5.41) is 3.77. The van der Waals surface area contributed by atoms with Gasteiger partial charge in [0, 0.05) is 44.5 Å². The highest BCUT2D eigenvalue weighted by Gasteiger charge is 2.25. The van der Waals surface area contributed by atoms with Gasteiger partial charge >= 0.3 is 0 Å². The Morgan fingerprint density at radius 1 is 1.12 bits per heavy atom. The Kier molecular flexibility index (Phi) is 4.97. The second-order valence-electron chi connectivity index (χ2n) is 5.85. The fourth-order valence-electron chi connectivity index (χ4n) is 2.76. The molecule has 25 heavy (non-hydrogen) atoms. The van der Waals surface area contributed by atoms with Crippen LogP contribution in [-0.4, -0.2) is 65.0 Å². The first-order valence-corrected chi connectivity index (χ1v) is 8.10. The van der Waals surface area contributed by atoms with Gasteiger partial charge in [0.25, 0.3) is 11.8 Å². The quantitative estimate of drug-likeness (QED) is 0.836. The molecule has 3 rings (SSSR count).